The summed E-state index contributed by atoms with van der Waals surface area (Å²) in [5.41, 5.74) is 5.72. The molecule has 3 aromatic rings. The number of methoxy groups -OCH3 is 1. The minimum Gasteiger partial charge on any atom is -0.493 e. The average Bonchev–Trinajstić information content (AvgIpc) is 3.03. The van der Waals surface area contributed by atoms with E-state index in [9.17, 15) is 14.3 Å². The Hall–Kier alpha value is -3.53. The second-order valence-corrected chi connectivity index (χ2v) is 14.6. The molecule has 0 bridgehead atoms. The molecule has 8 nitrogen and oxygen atoms in total. The number of carboxylic acids is 1. The molecule has 1 N–H and O–H groups in total. The van der Waals surface area contributed by atoms with Crippen LogP contribution < -0.4 is 9.64 Å². The lowest BCUT2D eigenvalue weighted by Crippen LogP contribution is -2.44. The molecular formula is C39H52FN3O5. The number of hydrogen-bond donors (Lipinski definition) is 1. The van der Waals surface area contributed by atoms with Crippen LogP contribution in [0.1, 0.15) is 81.5 Å². The fourth-order valence-corrected chi connectivity index (χ4v) is 7.03. The van der Waals surface area contributed by atoms with Crippen LogP contribution in [-0.2, 0) is 27.2 Å². The lowest BCUT2D eigenvalue weighted by molar-refractivity contribution is -0.160. The maximum absolute atomic E-state index is 13.3. The van der Waals surface area contributed by atoms with Crippen molar-refractivity contribution in [3.05, 3.63) is 76.9 Å². The summed E-state index contributed by atoms with van der Waals surface area (Å²) in [5.74, 6) is -0.547. The van der Waals surface area contributed by atoms with Crippen LogP contribution >= 0.6 is 0 Å². The molecule has 0 amide bonds. The van der Waals surface area contributed by atoms with E-state index in [1.54, 1.807) is 19.2 Å². The molecule has 48 heavy (non-hydrogen) atoms. The van der Waals surface area contributed by atoms with E-state index in [0.717, 1.165) is 66.3 Å². The fraction of sp³-hybridized carbons (Fsp3) is 0.538. The van der Waals surface area contributed by atoms with Gasteiger partial charge in [0.2, 0.25) is 0 Å². The molecule has 1 spiro atoms. The number of aromatic nitrogens is 1. The first-order valence-electron chi connectivity index (χ1n) is 17.2. The zero-order valence-corrected chi connectivity index (χ0v) is 29.5. The van der Waals surface area contributed by atoms with Crippen molar-refractivity contribution in [3.63, 3.8) is 0 Å². The van der Waals surface area contributed by atoms with Crippen LogP contribution in [0.5, 0.6) is 5.75 Å². The molecule has 1 atom stereocenters. The Balaban J connectivity index is 1.57. The topological polar surface area (TPSA) is 84.4 Å². The maximum Gasteiger partial charge on any atom is 0.337 e. The van der Waals surface area contributed by atoms with Crippen molar-refractivity contribution in [1.29, 1.82) is 0 Å². The summed E-state index contributed by atoms with van der Waals surface area (Å²) in [6, 6.07) is 14.5. The van der Waals surface area contributed by atoms with Gasteiger partial charge in [0.25, 0.3) is 0 Å². The van der Waals surface area contributed by atoms with Gasteiger partial charge >= 0.3 is 5.97 Å². The standard InChI is InChI=1S/C39H52FN3O5/c1-27-33(36(37(44)45)48-38(2,3)4)35(43-21-19-39(20-22-43)17-7-18-39)34(32(41-27)26-42(5)23-25-46-6)29-10-14-31(15-11-29)47-24-16-28-8-12-30(40)13-9-28/h8-15,36H,7,16-26H2,1-6H3,(H,44,45). The van der Waals surface area contributed by atoms with Crippen LogP contribution in [0.2, 0.25) is 0 Å². The highest BCUT2D eigenvalue weighted by atomic mass is 19.1. The van der Waals surface area contributed by atoms with Crippen molar-refractivity contribution in [3.8, 4) is 16.9 Å². The summed E-state index contributed by atoms with van der Waals surface area (Å²) < 4.78 is 31.1. The lowest BCUT2D eigenvalue weighted by Gasteiger charge is -2.49. The normalized spacial score (nSPS) is 16.6. The van der Waals surface area contributed by atoms with E-state index in [0.29, 0.717) is 42.9 Å². The molecule has 260 valence electrons. The van der Waals surface area contributed by atoms with Gasteiger partial charge in [0.1, 0.15) is 11.6 Å². The third-order valence-corrected chi connectivity index (χ3v) is 9.80. The third kappa shape index (κ3) is 8.73. The van der Waals surface area contributed by atoms with Gasteiger partial charge in [-0.2, -0.15) is 0 Å². The van der Waals surface area contributed by atoms with Gasteiger partial charge in [0.05, 0.1) is 30.2 Å². The molecule has 2 aromatic carbocycles. The van der Waals surface area contributed by atoms with E-state index in [4.69, 9.17) is 19.2 Å². The number of pyridine rings is 1. The first-order chi connectivity index (χ1) is 22.9. The van der Waals surface area contributed by atoms with E-state index in [2.05, 4.69) is 16.8 Å². The molecule has 0 radical (unpaired) electrons. The summed E-state index contributed by atoms with van der Waals surface area (Å²) >= 11 is 0. The number of anilines is 1. The molecule has 1 unspecified atom stereocenters. The maximum atomic E-state index is 13.3. The number of nitrogens with zero attached hydrogens (tertiary/aromatic N) is 3. The summed E-state index contributed by atoms with van der Waals surface area (Å²) in [4.78, 5) is 22.7. The molecule has 2 heterocycles. The highest BCUT2D eigenvalue weighted by molar-refractivity contribution is 5.88. The molecular weight excluding hydrogens is 609 g/mol. The van der Waals surface area contributed by atoms with Crippen LogP contribution in [0.4, 0.5) is 10.1 Å². The van der Waals surface area contributed by atoms with Crippen molar-refractivity contribution in [2.45, 2.75) is 84.5 Å². The van der Waals surface area contributed by atoms with Gasteiger partial charge in [-0.15, -0.1) is 0 Å². The number of aliphatic carboxylic acids is 1. The molecule has 2 fully saturated rings. The van der Waals surface area contributed by atoms with Crippen LogP contribution in [0.25, 0.3) is 11.1 Å². The Morgan fingerprint density at radius 3 is 2.27 bits per heavy atom. The summed E-state index contributed by atoms with van der Waals surface area (Å²) in [5, 5.41) is 10.6. The zero-order valence-electron chi connectivity index (χ0n) is 29.5. The van der Waals surface area contributed by atoms with Gasteiger partial charge in [-0.1, -0.05) is 30.7 Å². The minimum absolute atomic E-state index is 0.251. The Kier molecular flexibility index (Phi) is 11.4. The average molecular weight is 662 g/mol. The lowest BCUT2D eigenvalue weighted by atomic mass is 9.63. The molecule has 2 aliphatic rings. The highest BCUT2D eigenvalue weighted by Gasteiger charge is 2.42. The molecule has 9 heteroatoms. The van der Waals surface area contributed by atoms with E-state index >= 15 is 0 Å². The number of aryl methyl sites for hydroxylation is 1. The number of carboxylic acid groups (broad SMARTS) is 1. The highest BCUT2D eigenvalue weighted by Crippen LogP contribution is 2.51. The second kappa shape index (κ2) is 15.3. The van der Waals surface area contributed by atoms with Gasteiger partial charge in [-0.3, -0.25) is 9.88 Å². The van der Waals surface area contributed by atoms with E-state index in [1.807, 2.05) is 52.0 Å². The van der Waals surface area contributed by atoms with Crippen molar-refractivity contribution in [2.24, 2.45) is 5.41 Å². The van der Waals surface area contributed by atoms with Crippen LogP contribution in [-0.4, -0.2) is 73.6 Å². The predicted octanol–water partition coefficient (Wildman–Crippen LogP) is 7.61. The monoisotopic (exact) mass is 661 g/mol. The molecule has 1 aliphatic heterocycles. The van der Waals surface area contributed by atoms with Crippen LogP contribution in [0.3, 0.4) is 0 Å². The van der Waals surface area contributed by atoms with Gasteiger partial charge in [0.15, 0.2) is 6.10 Å². The smallest absolute Gasteiger partial charge is 0.337 e. The second-order valence-electron chi connectivity index (χ2n) is 14.6. The number of halogens is 1. The minimum atomic E-state index is -1.18. The van der Waals surface area contributed by atoms with E-state index in [1.165, 1.54) is 31.4 Å². The Morgan fingerprint density at radius 1 is 1.04 bits per heavy atom. The van der Waals surface area contributed by atoms with Crippen LogP contribution in [0, 0.1) is 18.2 Å². The number of likely N-dealkylation sites (N-methyl/N-ethyl adjacent to an activating group) is 1. The van der Waals surface area contributed by atoms with Gasteiger partial charge < -0.3 is 24.2 Å². The third-order valence-electron chi connectivity index (χ3n) is 9.80. The van der Waals surface area contributed by atoms with Gasteiger partial charge in [-0.05, 0) is 101 Å². The Labute approximate surface area is 285 Å². The van der Waals surface area contributed by atoms with Crippen LogP contribution in [0.15, 0.2) is 48.5 Å². The SMILES string of the molecule is COCCN(C)Cc1nc(C)c(C(OC(C)(C)C)C(=O)O)c(N2CCC3(CCC3)CC2)c1-c1ccc(OCCc2ccc(F)cc2)cc1. The Bertz CT molecular complexity index is 1520. The van der Waals surface area contributed by atoms with E-state index < -0.39 is 17.7 Å². The molecule has 5 rings (SSSR count). The number of benzene rings is 2. The van der Waals surface area contributed by atoms with Gasteiger partial charge in [-0.25, -0.2) is 9.18 Å². The van der Waals surface area contributed by atoms with Crippen molar-refractivity contribution < 1.29 is 28.5 Å². The van der Waals surface area contributed by atoms with Crippen molar-refractivity contribution in [2.75, 3.05) is 51.9 Å². The van der Waals surface area contributed by atoms with Crippen molar-refractivity contribution >= 4 is 11.7 Å². The predicted molar refractivity (Wildman–Crippen MR) is 187 cm³/mol. The largest absolute Gasteiger partial charge is 0.493 e. The number of piperidine rings is 1. The van der Waals surface area contributed by atoms with Gasteiger partial charge in [0, 0.05) is 56.5 Å². The molecule has 1 aliphatic carbocycles. The molecule has 1 saturated carbocycles. The summed E-state index contributed by atoms with van der Waals surface area (Å²) in [6.07, 6.45) is 5.51. The Morgan fingerprint density at radius 2 is 1.71 bits per heavy atom. The number of ether oxygens (including phenoxy) is 3. The summed E-state index contributed by atoms with van der Waals surface area (Å²) in [7, 11) is 3.75. The fourth-order valence-electron chi connectivity index (χ4n) is 7.03. The quantitative estimate of drug-likeness (QED) is 0.189. The first kappa shape index (κ1) is 35.8. The van der Waals surface area contributed by atoms with E-state index in [-0.39, 0.29) is 5.82 Å². The number of rotatable bonds is 14. The number of hydrogen-bond acceptors (Lipinski definition) is 7. The zero-order chi connectivity index (χ0) is 34.5. The molecule has 1 saturated heterocycles. The first-order valence-corrected chi connectivity index (χ1v) is 17.2. The number of carbonyl (C=O) groups is 1. The molecule has 1 aromatic heterocycles. The summed E-state index contributed by atoms with van der Waals surface area (Å²) in [6.45, 7) is 11.6. The van der Waals surface area contributed by atoms with Crippen molar-refractivity contribution in [1.82, 2.24) is 9.88 Å².